The summed E-state index contributed by atoms with van der Waals surface area (Å²) in [6.45, 7) is 3.74. The van der Waals surface area contributed by atoms with E-state index in [1.165, 1.54) is 0 Å². The molecule has 0 spiro atoms. The highest BCUT2D eigenvalue weighted by Crippen LogP contribution is 2.25. The van der Waals surface area contributed by atoms with Gasteiger partial charge in [0.15, 0.2) is 11.6 Å². The largest absolute Gasteiger partial charge is 0.374 e. The highest BCUT2D eigenvalue weighted by molar-refractivity contribution is 5.48. The molecule has 1 nitrogen and oxygen atoms in total. The number of hydrogen-bond donors (Lipinski definition) is 1. The summed E-state index contributed by atoms with van der Waals surface area (Å²) in [5, 5.41) is 2.72. The molecule has 1 atom stereocenters. The van der Waals surface area contributed by atoms with Gasteiger partial charge in [0.05, 0.1) is 0 Å². The van der Waals surface area contributed by atoms with Crippen molar-refractivity contribution in [2.75, 3.05) is 5.32 Å². The highest BCUT2D eigenvalue weighted by Gasteiger charge is 2.14. The second-order valence-electron chi connectivity index (χ2n) is 4.52. The van der Waals surface area contributed by atoms with Gasteiger partial charge in [0.1, 0.15) is 11.5 Å². The molecule has 0 heterocycles. The van der Waals surface area contributed by atoms with E-state index in [9.17, 15) is 13.2 Å². The lowest BCUT2D eigenvalue weighted by Gasteiger charge is -2.17. The highest BCUT2D eigenvalue weighted by atomic mass is 19.1. The van der Waals surface area contributed by atoms with Crippen LogP contribution in [0.2, 0.25) is 0 Å². The maximum atomic E-state index is 13.5. The van der Waals surface area contributed by atoms with Crippen LogP contribution in [-0.2, 0) is 0 Å². The van der Waals surface area contributed by atoms with E-state index >= 15 is 0 Å². The summed E-state index contributed by atoms with van der Waals surface area (Å²) in [7, 11) is 0. The van der Waals surface area contributed by atoms with Crippen LogP contribution in [0.3, 0.4) is 0 Å². The van der Waals surface area contributed by atoms with Crippen molar-refractivity contribution in [3.05, 3.63) is 65.0 Å². The van der Waals surface area contributed by atoms with Gasteiger partial charge in [-0.25, -0.2) is 13.2 Å². The number of rotatable bonds is 3. The third kappa shape index (κ3) is 3.08. The Labute approximate surface area is 110 Å². The molecule has 0 aliphatic rings. The molecule has 1 unspecified atom stereocenters. The Morgan fingerprint density at radius 1 is 0.947 bits per heavy atom. The number of aryl methyl sites for hydroxylation is 1. The Morgan fingerprint density at radius 3 is 2.00 bits per heavy atom. The summed E-state index contributed by atoms with van der Waals surface area (Å²) in [5.74, 6) is -2.79. The minimum Gasteiger partial charge on any atom is -0.374 e. The van der Waals surface area contributed by atoms with E-state index in [-0.39, 0.29) is 11.7 Å². The van der Waals surface area contributed by atoms with Crippen molar-refractivity contribution in [3.8, 4) is 0 Å². The first-order valence-electron chi connectivity index (χ1n) is 5.95. The van der Waals surface area contributed by atoms with Gasteiger partial charge in [0, 0.05) is 18.2 Å². The average molecular weight is 265 g/mol. The maximum Gasteiger partial charge on any atom is 0.152 e. The van der Waals surface area contributed by atoms with Crippen molar-refractivity contribution in [2.24, 2.45) is 0 Å². The van der Waals surface area contributed by atoms with E-state index in [0.29, 0.717) is 12.1 Å². The fraction of sp³-hybridized carbons (Fsp3) is 0.200. The van der Waals surface area contributed by atoms with Crippen molar-refractivity contribution < 1.29 is 13.2 Å². The van der Waals surface area contributed by atoms with Crippen molar-refractivity contribution in [1.82, 2.24) is 0 Å². The van der Waals surface area contributed by atoms with E-state index in [0.717, 1.165) is 11.1 Å². The number of benzene rings is 2. The molecule has 0 fully saturated rings. The molecule has 2 aromatic rings. The topological polar surface area (TPSA) is 12.0 Å². The van der Waals surface area contributed by atoms with Crippen LogP contribution in [-0.4, -0.2) is 0 Å². The average Bonchev–Trinajstić information content (AvgIpc) is 2.34. The lowest BCUT2D eigenvalue weighted by atomic mass is 10.1. The zero-order valence-electron chi connectivity index (χ0n) is 10.7. The second kappa shape index (κ2) is 5.34. The molecule has 1 N–H and O–H groups in total. The molecule has 0 saturated carbocycles. The van der Waals surface area contributed by atoms with Gasteiger partial charge in [-0.2, -0.15) is 0 Å². The lowest BCUT2D eigenvalue weighted by Crippen LogP contribution is -2.10. The lowest BCUT2D eigenvalue weighted by molar-refractivity contribution is 0.545. The number of nitrogens with one attached hydrogen (secondary N) is 1. The number of halogens is 3. The minimum absolute atomic E-state index is 0.282. The van der Waals surface area contributed by atoms with Crippen LogP contribution in [0.1, 0.15) is 24.1 Å². The fourth-order valence-electron chi connectivity index (χ4n) is 1.84. The molecule has 0 aliphatic heterocycles. The molecule has 100 valence electrons. The Balaban J connectivity index is 2.24. The zero-order chi connectivity index (χ0) is 14.0. The van der Waals surface area contributed by atoms with Crippen molar-refractivity contribution in [2.45, 2.75) is 19.9 Å². The Hall–Kier alpha value is -1.97. The molecule has 0 saturated heterocycles. The molecule has 2 rings (SSSR count). The van der Waals surface area contributed by atoms with Crippen molar-refractivity contribution in [3.63, 3.8) is 0 Å². The summed E-state index contributed by atoms with van der Waals surface area (Å²) in [5.41, 5.74) is 1.69. The van der Waals surface area contributed by atoms with Gasteiger partial charge in [-0.1, -0.05) is 29.8 Å². The van der Waals surface area contributed by atoms with Crippen LogP contribution in [0.15, 0.2) is 36.4 Å². The molecule has 4 heteroatoms. The van der Waals surface area contributed by atoms with E-state index in [4.69, 9.17) is 0 Å². The van der Waals surface area contributed by atoms with Crippen LogP contribution in [0, 0.1) is 24.4 Å². The molecule has 2 aromatic carbocycles. The molecule has 0 aliphatic carbocycles. The monoisotopic (exact) mass is 265 g/mol. The molecule has 0 aromatic heterocycles. The first-order valence-corrected chi connectivity index (χ1v) is 5.95. The van der Waals surface area contributed by atoms with Gasteiger partial charge in [-0.3, -0.25) is 0 Å². The Kier molecular flexibility index (Phi) is 3.79. The summed E-state index contributed by atoms with van der Waals surface area (Å²) < 4.78 is 39.8. The quantitative estimate of drug-likeness (QED) is 0.856. The van der Waals surface area contributed by atoms with E-state index in [2.05, 4.69) is 5.32 Å². The summed E-state index contributed by atoms with van der Waals surface area (Å²) >= 11 is 0. The van der Waals surface area contributed by atoms with Crippen LogP contribution in [0.25, 0.3) is 0 Å². The Bertz CT molecular complexity index is 555. The van der Waals surface area contributed by atoms with Crippen molar-refractivity contribution in [1.29, 1.82) is 0 Å². The molecule has 0 bridgehead atoms. The molecule has 19 heavy (non-hydrogen) atoms. The second-order valence-corrected chi connectivity index (χ2v) is 4.52. The molecule has 0 amide bonds. The normalized spacial score (nSPS) is 12.3. The SMILES string of the molecule is Cc1ccc(C(C)Nc2c(F)cc(F)cc2F)cc1. The summed E-state index contributed by atoms with van der Waals surface area (Å²) in [6, 6.07) is 8.64. The predicted octanol–water partition coefficient (Wildman–Crippen LogP) is 4.59. The molecular weight excluding hydrogens is 251 g/mol. The zero-order valence-corrected chi connectivity index (χ0v) is 10.7. The number of anilines is 1. The summed E-state index contributed by atoms with van der Waals surface area (Å²) in [4.78, 5) is 0. The van der Waals surface area contributed by atoms with Gasteiger partial charge < -0.3 is 5.32 Å². The van der Waals surface area contributed by atoms with E-state index in [1.807, 2.05) is 31.2 Å². The Morgan fingerprint density at radius 2 is 1.47 bits per heavy atom. The van der Waals surface area contributed by atoms with Gasteiger partial charge in [0.2, 0.25) is 0 Å². The van der Waals surface area contributed by atoms with Gasteiger partial charge in [-0.15, -0.1) is 0 Å². The maximum absolute atomic E-state index is 13.5. The first kappa shape index (κ1) is 13.5. The van der Waals surface area contributed by atoms with E-state index < -0.39 is 17.5 Å². The third-order valence-electron chi connectivity index (χ3n) is 2.95. The summed E-state index contributed by atoms with van der Waals surface area (Å²) in [6.07, 6.45) is 0. The van der Waals surface area contributed by atoms with Gasteiger partial charge in [0.25, 0.3) is 0 Å². The van der Waals surface area contributed by atoms with Crippen molar-refractivity contribution >= 4 is 5.69 Å². The third-order valence-corrected chi connectivity index (χ3v) is 2.95. The van der Waals surface area contributed by atoms with E-state index in [1.54, 1.807) is 6.92 Å². The standard InChI is InChI=1S/C15H14F3N/c1-9-3-5-11(6-4-9)10(2)19-15-13(17)7-12(16)8-14(15)18/h3-8,10,19H,1-2H3. The minimum atomic E-state index is -0.934. The fourth-order valence-corrected chi connectivity index (χ4v) is 1.84. The van der Waals surface area contributed by atoms with Gasteiger partial charge in [-0.05, 0) is 19.4 Å². The number of hydrogen-bond acceptors (Lipinski definition) is 1. The van der Waals surface area contributed by atoms with Crippen LogP contribution < -0.4 is 5.32 Å². The van der Waals surface area contributed by atoms with Gasteiger partial charge >= 0.3 is 0 Å². The molecular formula is C15H14F3N. The molecule has 0 radical (unpaired) electrons. The van der Waals surface area contributed by atoms with Crippen LogP contribution in [0.4, 0.5) is 18.9 Å². The van der Waals surface area contributed by atoms with Crippen LogP contribution in [0.5, 0.6) is 0 Å². The predicted molar refractivity (Wildman–Crippen MR) is 69.5 cm³/mol. The van der Waals surface area contributed by atoms with Crippen LogP contribution >= 0.6 is 0 Å². The first-order chi connectivity index (χ1) is 8.97. The smallest absolute Gasteiger partial charge is 0.152 e.